The largest absolute Gasteiger partial charge is 0.486 e. The predicted molar refractivity (Wildman–Crippen MR) is 95.2 cm³/mol. The van der Waals surface area contributed by atoms with Crippen LogP contribution in [0.4, 0.5) is 5.69 Å². The van der Waals surface area contributed by atoms with Crippen LogP contribution in [-0.4, -0.2) is 20.4 Å². The lowest BCUT2D eigenvalue weighted by Gasteiger charge is -2.08. The first-order chi connectivity index (χ1) is 12.2. The van der Waals surface area contributed by atoms with Crippen LogP contribution in [0.25, 0.3) is 0 Å². The maximum absolute atomic E-state index is 12.0. The summed E-state index contributed by atoms with van der Waals surface area (Å²) in [6, 6.07) is 11.2. The van der Waals surface area contributed by atoms with Crippen LogP contribution in [0.3, 0.4) is 0 Å². The Bertz CT molecular complexity index is 813. The van der Waals surface area contributed by atoms with Gasteiger partial charge in [-0.1, -0.05) is 6.07 Å². The van der Waals surface area contributed by atoms with Gasteiger partial charge in [-0.2, -0.15) is 0 Å². The van der Waals surface area contributed by atoms with Crippen molar-refractivity contribution in [3.8, 4) is 5.75 Å². The summed E-state index contributed by atoms with van der Waals surface area (Å²) in [4.78, 5) is 20.3. The van der Waals surface area contributed by atoms with Crippen molar-refractivity contribution in [2.45, 2.75) is 19.4 Å². The lowest BCUT2D eigenvalue weighted by molar-refractivity contribution is -0.116. The molecule has 0 aliphatic heterocycles. The molecule has 2 aromatic heterocycles. The Kier molecular flexibility index (Phi) is 5.41. The van der Waals surface area contributed by atoms with Crippen LogP contribution < -0.4 is 10.1 Å². The third-order valence-electron chi connectivity index (χ3n) is 3.79. The molecule has 1 aromatic carbocycles. The molecule has 0 radical (unpaired) electrons. The highest BCUT2D eigenvalue weighted by atomic mass is 16.5. The van der Waals surface area contributed by atoms with Gasteiger partial charge < -0.3 is 14.6 Å². The molecular formula is C19H20N4O2. The van der Waals surface area contributed by atoms with Crippen molar-refractivity contribution >= 4 is 11.6 Å². The normalized spacial score (nSPS) is 10.4. The van der Waals surface area contributed by atoms with Crippen LogP contribution in [0.1, 0.15) is 17.8 Å². The second-order valence-corrected chi connectivity index (χ2v) is 5.68. The van der Waals surface area contributed by atoms with E-state index in [4.69, 9.17) is 4.74 Å². The second kappa shape index (κ2) is 8.10. The minimum Gasteiger partial charge on any atom is -0.486 e. The summed E-state index contributed by atoms with van der Waals surface area (Å²) < 4.78 is 7.61. The minimum absolute atomic E-state index is 0.0227. The van der Waals surface area contributed by atoms with Gasteiger partial charge in [-0.15, -0.1) is 0 Å². The molecule has 0 saturated heterocycles. The van der Waals surface area contributed by atoms with Crippen LogP contribution in [0.5, 0.6) is 5.75 Å². The molecule has 3 rings (SSSR count). The van der Waals surface area contributed by atoms with Gasteiger partial charge in [0.25, 0.3) is 0 Å². The summed E-state index contributed by atoms with van der Waals surface area (Å²) in [5.41, 5.74) is 1.80. The molecule has 6 nitrogen and oxygen atoms in total. The SMILES string of the molecule is Cn1ccnc1COc1ccc(NC(=O)CCc2cccnc2)cc1. The van der Waals surface area contributed by atoms with E-state index in [1.165, 1.54) is 0 Å². The van der Waals surface area contributed by atoms with Crippen LogP contribution in [-0.2, 0) is 24.9 Å². The standard InChI is InChI=1S/C19H20N4O2/c1-23-12-11-21-18(23)14-25-17-7-5-16(6-8-17)22-19(24)9-4-15-3-2-10-20-13-15/h2-3,5-8,10-13H,4,9,14H2,1H3,(H,22,24). The van der Waals surface area contributed by atoms with Crippen molar-refractivity contribution in [1.82, 2.24) is 14.5 Å². The fourth-order valence-electron chi connectivity index (χ4n) is 2.35. The van der Waals surface area contributed by atoms with Gasteiger partial charge >= 0.3 is 0 Å². The van der Waals surface area contributed by atoms with Gasteiger partial charge in [-0.25, -0.2) is 4.98 Å². The van der Waals surface area contributed by atoms with Crippen molar-refractivity contribution in [1.29, 1.82) is 0 Å². The molecule has 0 spiro atoms. The van der Waals surface area contributed by atoms with E-state index in [9.17, 15) is 4.79 Å². The predicted octanol–water partition coefficient (Wildman–Crippen LogP) is 2.97. The van der Waals surface area contributed by atoms with Gasteiger partial charge in [0, 0.05) is 43.9 Å². The number of carbonyl (C=O) groups excluding carboxylic acids is 1. The zero-order chi connectivity index (χ0) is 17.5. The maximum Gasteiger partial charge on any atom is 0.224 e. The number of nitrogens with one attached hydrogen (secondary N) is 1. The summed E-state index contributed by atoms with van der Waals surface area (Å²) in [7, 11) is 1.93. The van der Waals surface area contributed by atoms with E-state index in [2.05, 4.69) is 15.3 Å². The highest BCUT2D eigenvalue weighted by Crippen LogP contribution is 2.17. The Labute approximate surface area is 146 Å². The summed E-state index contributed by atoms with van der Waals surface area (Å²) >= 11 is 0. The lowest BCUT2D eigenvalue weighted by atomic mass is 10.1. The zero-order valence-corrected chi connectivity index (χ0v) is 14.1. The maximum atomic E-state index is 12.0. The Morgan fingerprint density at radius 1 is 1.20 bits per heavy atom. The summed E-state index contributed by atoms with van der Waals surface area (Å²) in [5, 5.41) is 2.89. The number of pyridine rings is 1. The quantitative estimate of drug-likeness (QED) is 0.720. The number of carbonyl (C=O) groups is 1. The number of amides is 1. The number of rotatable bonds is 7. The minimum atomic E-state index is -0.0227. The number of aryl methyl sites for hydroxylation is 2. The van der Waals surface area contributed by atoms with Gasteiger partial charge in [0.2, 0.25) is 5.91 Å². The monoisotopic (exact) mass is 336 g/mol. The highest BCUT2D eigenvalue weighted by Gasteiger charge is 2.05. The van der Waals surface area contributed by atoms with E-state index in [0.717, 1.165) is 22.8 Å². The molecule has 0 unspecified atom stereocenters. The molecule has 0 saturated carbocycles. The Balaban J connectivity index is 1.47. The van der Waals surface area contributed by atoms with E-state index in [-0.39, 0.29) is 5.91 Å². The second-order valence-electron chi connectivity index (χ2n) is 5.68. The van der Waals surface area contributed by atoms with Gasteiger partial charge in [0.1, 0.15) is 18.2 Å². The van der Waals surface area contributed by atoms with Gasteiger partial charge in [-0.05, 0) is 42.3 Å². The number of nitrogens with zero attached hydrogens (tertiary/aromatic N) is 3. The van der Waals surface area contributed by atoms with Crippen LogP contribution in [0.15, 0.2) is 61.2 Å². The Morgan fingerprint density at radius 2 is 2.04 bits per heavy atom. The third kappa shape index (κ3) is 4.91. The van der Waals surface area contributed by atoms with E-state index < -0.39 is 0 Å². The smallest absolute Gasteiger partial charge is 0.224 e. The summed E-state index contributed by atoms with van der Waals surface area (Å²) in [6.45, 7) is 0.403. The molecule has 0 atom stereocenters. The summed E-state index contributed by atoms with van der Waals surface area (Å²) in [6.07, 6.45) is 8.21. The summed E-state index contributed by atoms with van der Waals surface area (Å²) in [5.74, 6) is 1.56. The van der Waals surface area contributed by atoms with E-state index >= 15 is 0 Å². The zero-order valence-electron chi connectivity index (χ0n) is 14.1. The molecule has 0 bridgehead atoms. The van der Waals surface area contributed by atoms with Gasteiger partial charge in [-0.3, -0.25) is 9.78 Å². The number of imidazole rings is 1. The van der Waals surface area contributed by atoms with Crippen LogP contribution >= 0.6 is 0 Å². The van der Waals surface area contributed by atoms with E-state index in [1.807, 2.05) is 54.2 Å². The molecule has 0 aliphatic carbocycles. The van der Waals surface area contributed by atoms with E-state index in [1.54, 1.807) is 18.6 Å². The van der Waals surface area contributed by atoms with Crippen molar-refractivity contribution in [2.24, 2.45) is 7.05 Å². The van der Waals surface area contributed by atoms with Crippen molar-refractivity contribution in [3.05, 3.63) is 72.6 Å². The molecular weight excluding hydrogens is 316 g/mol. The highest BCUT2D eigenvalue weighted by molar-refractivity contribution is 5.90. The number of anilines is 1. The van der Waals surface area contributed by atoms with Crippen molar-refractivity contribution in [3.63, 3.8) is 0 Å². The number of ether oxygens (including phenoxy) is 1. The average Bonchev–Trinajstić information content (AvgIpc) is 3.05. The fourth-order valence-corrected chi connectivity index (χ4v) is 2.35. The molecule has 1 amide bonds. The number of aromatic nitrogens is 3. The lowest BCUT2D eigenvalue weighted by Crippen LogP contribution is -2.12. The molecule has 0 fully saturated rings. The molecule has 25 heavy (non-hydrogen) atoms. The van der Waals surface area contributed by atoms with Crippen LogP contribution in [0.2, 0.25) is 0 Å². The van der Waals surface area contributed by atoms with E-state index in [0.29, 0.717) is 19.4 Å². The fraction of sp³-hybridized carbons (Fsp3) is 0.211. The number of hydrogen-bond donors (Lipinski definition) is 1. The number of hydrogen-bond acceptors (Lipinski definition) is 4. The first-order valence-corrected chi connectivity index (χ1v) is 8.08. The molecule has 128 valence electrons. The molecule has 6 heteroatoms. The van der Waals surface area contributed by atoms with Gasteiger partial charge in [0.15, 0.2) is 0 Å². The first kappa shape index (κ1) is 16.7. The Morgan fingerprint density at radius 3 is 2.72 bits per heavy atom. The molecule has 0 aliphatic rings. The molecule has 2 heterocycles. The van der Waals surface area contributed by atoms with Crippen molar-refractivity contribution in [2.75, 3.05) is 5.32 Å². The van der Waals surface area contributed by atoms with Crippen molar-refractivity contribution < 1.29 is 9.53 Å². The first-order valence-electron chi connectivity index (χ1n) is 8.08. The third-order valence-corrected chi connectivity index (χ3v) is 3.79. The van der Waals surface area contributed by atoms with Crippen LogP contribution in [0, 0.1) is 0 Å². The van der Waals surface area contributed by atoms with Gasteiger partial charge in [0.05, 0.1) is 0 Å². The molecule has 3 aromatic rings. The topological polar surface area (TPSA) is 69.0 Å². The Hall–Kier alpha value is -3.15. The average molecular weight is 336 g/mol. The number of benzene rings is 1. The molecule has 1 N–H and O–H groups in total.